The Morgan fingerprint density at radius 3 is 2.33 bits per heavy atom. The molecule has 0 unspecified atom stereocenters. The van der Waals surface area contributed by atoms with Crippen molar-refractivity contribution >= 4 is 29.1 Å². The Hall–Kier alpha value is -0.730. The topological polar surface area (TPSA) is 29.1 Å². The molecule has 0 aliphatic carbocycles. The molecule has 0 saturated heterocycles. The molecule has 15 heavy (non-hydrogen) atoms. The van der Waals surface area contributed by atoms with Crippen LogP contribution in [0.4, 0.5) is 0 Å². The van der Waals surface area contributed by atoms with Crippen molar-refractivity contribution in [1.29, 1.82) is 0 Å². The highest BCUT2D eigenvalue weighted by Gasteiger charge is 2.09. The van der Waals surface area contributed by atoms with Crippen molar-refractivity contribution in [2.75, 3.05) is 0 Å². The summed E-state index contributed by atoms with van der Waals surface area (Å²) in [7, 11) is 0. The average Bonchev–Trinajstić information content (AvgIpc) is 2.16. The van der Waals surface area contributed by atoms with E-state index in [-0.39, 0.29) is 11.9 Å². The van der Waals surface area contributed by atoms with Gasteiger partial charge in [-0.1, -0.05) is 30.1 Å². The molecule has 0 aromatic heterocycles. The van der Waals surface area contributed by atoms with E-state index in [4.69, 9.17) is 23.2 Å². The molecule has 0 fully saturated rings. The summed E-state index contributed by atoms with van der Waals surface area (Å²) >= 11 is 11.6. The first-order valence-electron chi connectivity index (χ1n) is 4.80. The van der Waals surface area contributed by atoms with Gasteiger partial charge < -0.3 is 5.32 Å². The second-order valence-electron chi connectivity index (χ2n) is 3.44. The number of carbonyl (C=O) groups is 1. The van der Waals surface area contributed by atoms with Gasteiger partial charge in [-0.05, 0) is 31.5 Å². The predicted molar refractivity (Wildman–Crippen MR) is 63.7 cm³/mol. The number of rotatable bonds is 3. The lowest BCUT2D eigenvalue weighted by molar-refractivity contribution is 0.0939. The molecule has 0 heterocycles. The number of carbonyl (C=O) groups excluding carboxylic acids is 1. The van der Waals surface area contributed by atoms with Crippen LogP contribution in [0, 0.1) is 0 Å². The molecule has 82 valence electrons. The predicted octanol–water partition coefficient (Wildman–Crippen LogP) is 3.52. The molecular formula is C11H13Cl2NO. The normalized spacial score (nSPS) is 12.3. The third kappa shape index (κ3) is 3.73. The summed E-state index contributed by atoms with van der Waals surface area (Å²) < 4.78 is 0. The Balaban J connectivity index is 2.82. The van der Waals surface area contributed by atoms with E-state index in [1.54, 1.807) is 18.2 Å². The van der Waals surface area contributed by atoms with Gasteiger partial charge in [0.25, 0.3) is 5.91 Å². The second kappa shape index (κ2) is 5.38. The Kier molecular flexibility index (Phi) is 4.43. The molecule has 2 nitrogen and oxygen atoms in total. The smallest absolute Gasteiger partial charge is 0.251 e. The lowest BCUT2D eigenvalue weighted by atomic mass is 10.2. The van der Waals surface area contributed by atoms with Gasteiger partial charge in [-0.15, -0.1) is 0 Å². The van der Waals surface area contributed by atoms with Gasteiger partial charge in [0.1, 0.15) is 0 Å². The van der Waals surface area contributed by atoms with E-state index in [0.29, 0.717) is 15.6 Å². The average molecular weight is 246 g/mol. The Labute approximate surface area is 99.6 Å². The molecule has 1 aromatic rings. The largest absolute Gasteiger partial charge is 0.350 e. The molecular weight excluding hydrogens is 233 g/mol. The zero-order valence-electron chi connectivity index (χ0n) is 8.68. The highest BCUT2D eigenvalue weighted by atomic mass is 35.5. The molecule has 1 amide bonds. The highest BCUT2D eigenvalue weighted by molar-refractivity contribution is 6.35. The molecule has 1 rings (SSSR count). The maximum atomic E-state index is 11.7. The van der Waals surface area contributed by atoms with Gasteiger partial charge >= 0.3 is 0 Å². The zero-order chi connectivity index (χ0) is 11.4. The SMILES string of the molecule is CC[C@H](C)NC(=O)c1cc(Cl)cc(Cl)c1. The van der Waals surface area contributed by atoms with E-state index in [2.05, 4.69) is 5.32 Å². The lowest BCUT2D eigenvalue weighted by Crippen LogP contribution is -2.31. The van der Waals surface area contributed by atoms with Crippen LogP contribution in [0.3, 0.4) is 0 Å². The molecule has 1 aromatic carbocycles. The molecule has 0 aliphatic heterocycles. The summed E-state index contributed by atoms with van der Waals surface area (Å²) in [5, 5.41) is 3.78. The fraction of sp³-hybridized carbons (Fsp3) is 0.364. The molecule has 1 atom stereocenters. The minimum Gasteiger partial charge on any atom is -0.350 e. The molecule has 0 radical (unpaired) electrons. The number of nitrogens with one attached hydrogen (secondary N) is 1. The first-order valence-corrected chi connectivity index (χ1v) is 5.55. The van der Waals surface area contributed by atoms with E-state index in [0.717, 1.165) is 6.42 Å². The second-order valence-corrected chi connectivity index (χ2v) is 4.31. The van der Waals surface area contributed by atoms with Gasteiger partial charge in [0.2, 0.25) is 0 Å². The summed E-state index contributed by atoms with van der Waals surface area (Å²) in [6, 6.07) is 4.95. The van der Waals surface area contributed by atoms with Crippen LogP contribution < -0.4 is 5.32 Å². The summed E-state index contributed by atoms with van der Waals surface area (Å²) in [6.07, 6.45) is 0.889. The molecule has 0 spiro atoms. The van der Waals surface area contributed by atoms with Gasteiger partial charge in [-0.2, -0.15) is 0 Å². The first-order chi connectivity index (χ1) is 7.02. The van der Waals surface area contributed by atoms with Crippen molar-refractivity contribution in [3.8, 4) is 0 Å². The highest BCUT2D eigenvalue weighted by Crippen LogP contribution is 2.19. The fourth-order valence-corrected chi connectivity index (χ4v) is 1.62. The Morgan fingerprint density at radius 1 is 1.33 bits per heavy atom. The summed E-state index contributed by atoms with van der Waals surface area (Å²) in [5.74, 6) is -0.145. The lowest BCUT2D eigenvalue weighted by Gasteiger charge is -2.11. The summed E-state index contributed by atoms with van der Waals surface area (Å²) in [6.45, 7) is 3.96. The van der Waals surface area contributed by atoms with Crippen LogP contribution >= 0.6 is 23.2 Å². The minimum atomic E-state index is -0.145. The van der Waals surface area contributed by atoms with Gasteiger partial charge in [0, 0.05) is 21.7 Å². The number of benzene rings is 1. The number of hydrogen-bond donors (Lipinski definition) is 1. The van der Waals surface area contributed by atoms with E-state index in [1.807, 2.05) is 13.8 Å². The first kappa shape index (κ1) is 12.3. The van der Waals surface area contributed by atoms with Crippen LogP contribution in [-0.2, 0) is 0 Å². The zero-order valence-corrected chi connectivity index (χ0v) is 10.2. The van der Waals surface area contributed by atoms with Crippen LogP contribution in [-0.4, -0.2) is 11.9 Å². The summed E-state index contributed by atoms with van der Waals surface area (Å²) in [5.41, 5.74) is 0.493. The van der Waals surface area contributed by atoms with Crippen LogP contribution in [0.1, 0.15) is 30.6 Å². The quantitative estimate of drug-likeness (QED) is 0.868. The van der Waals surface area contributed by atoms with E-state index >= 15 is 0 Å². The Bertz CT molecular complexity index is 345. The minimum absolute atomic E-state index is 0.145. The third-order valence-corrected chi connectivity index (χ3v) is 2.55. The van der Waals surface area contributed by atoms with Gasteiger partial charge in [-0.25, -0.2) is 0 Å². The molecule has 0 aliphatic rings. The van der Waals surface area contributed by atoms with Crippen molar-refractivity contribution in [2.45, 2.75) is 26.3 Å². The van der Waals surface area contributed by atoms with Crippen LogP contribution in [0.15, 0.2) is 18.2 Å². The van der Waals surface area contributed by atoms with Crippen LogP contribution in [0.2, 0.25) is 10.0 Å². The van der Waals surface area contributed by atoms with E-state index < -0.39 is 0 Å². The van der Waals surface area contributed by atoms with Gasteiger partial charge in [0.05, 0.1) is 0 Å². The van der Waals surface area contributed by atoms with Crippen molar-refractivity contribution in [1.82, 2.24) is 5.32 Å². The third-order valence-electron chi connectivity index (χ3n) is 2.11. The monoisotopic (exact) mass is 245 g/mol. The van der Waals surface area contributed by atoms with Crippen molar-refractivity contribution in [3.05, 3.63) is 33.8 Å². The van der Waals surface area contributed by atoms with Crippen molar-refractivity contribution in [2.24, 2.45) is 0 Å². The molecule has 1 N–H and O–H groups in total. The number of halogens is 2. The maximum absolute atomic E-state index is 11.7. The summed E-state index contributed by atoms with van der Waals surface area (Å²) in [4.78, 5) is 11.7. The van der Waals surface area contributed by atoms with Crippen molar-refractivity contribution in [3.63, 3.8) is 0 Å². The van der Waals surface area contributed by atoms with Crippen LogP contribution in [0.25, 0.3) is 0 Å². The molecule has 0 saturated carbocycles. The standard InChI is InChI=1S/C11H13Cl2NO/c1-3-7(2)14-11(15)8-4-9(12)6-10(13)5-8/h4-7H,3H2,1-2H3,(H,14,15)/t7-/m0/s1. The Morgan fingerprint density at radius 2 is 1.87 bits per heavy atom. The van der Waals surface area contributed by atoms with Crippen LogP contribution in [0.5, 0.6) is 0 Å². The number of amides is 1. The van der Waals surface area contributed by atoms with Gasteiger partial charge in [0.15, 0.2) is 0 Å². The fourth-order valence-electron chi connectivity index (χ4n) is 1.09. The van der Waals surface area contributed by atoms with E-state index in [9.17, 15) is 4.79 Å². The molecule has 0 bridgehead atoms. The van der Waals surface area contributed by atoms with E-state index in [1.165, 1.54) is 0 Å². The van der Waals surface area contributed by atoms with Crippen molar-refractivity contribution < 1.29 is 4.79 Å². The maximum Gasteiger partial charge on any atom is 0.251 e. The molecule has 4 heteroatoms. The number of hydrogen-bond acceptors (Lipinski definition) is 1. The van der Waals surface area contributed by atoms with Gasteiger partial charge in [-0.3, -0.25) is 4.79 Å².